The molecule has 1 aromatic carbocycles. The summed E-state index contributed by atoms with van der Waals surface area (Å²) in [5.41, 5.74) is 2.15. The minimum atomic E-state index is 0.273. The van der Waals surface area contributed by atoms with Crippen molar-refractivity contribution in [3.8, 4) is 0 Å². The quantitative estimate of drug-likeness (QED) is 0.573. The molecule has 108 valence electrons. The van der Waals surface area contributed by atoms with Gasteiger partial charge in [-0.1, -0.05) is 34.1 Å². The molecule has 1 atom stereocenters. The summed E-state index contributed by atoms with van der Waals surface area (Å²) >= 11 is 5.84. The Kier molecular flexibility index (Phi) is 4.44. The summed E-state index contributed by atoms with van der Waals surface area (Å²) in [6, 6.07) is 10.6. The number of aromatic nitrogens is 3. The Bertz CT molecular complexity index is 771. The lowest BCUT2D eigenvalue weighted by Gasteiger charge is -2.15. The highest BCUT2D eigenvalue weighted by atomic mass is 127. The number of rotatable bonds is 4. The van der Waals surface area contributed by atoms with Gasteiger partial charge in [-0.05, 0) is 53.6 Å². The zero-order chi connectivity index (χ0) is 14.8. The van der Waals surface area contributed by atoms with Crippen molar-refractivity contribution >= 4 is 55.4 Å². The molecular formula is C15H14BrIN4. The zero-order valence-electron chi connectivity index (χ0n) is 11.4. The highest BCUT2D eigenvalue weighted by molar-refractivity contribution is 14.1. The van der Waals surface area contributed by atoms with Crippen LogP contribution in [0, 0.1) is 3.70 Å². The monoisotopic (exact) mass is 456 g/mol. The summed E-state index contributed by atoms with van der Waals surface area (Å²) in [4.78, 5) is 11.8. The second-order valence-corrected chi connectivity index (χ2v) is 6.96. The van der Waals surface area contributed by atoms with E-state index < -0.39 is 0 Å². The SMILES string of the molecule is CC(Cc1ccccc1Br)Nc1ncnc2[nH]c(I)cc12. The molecule has 2 N–H and O–H groups in total. The summed E-state index contributed by atoms with van der Waals surface area (Å²) in [5.74, 6) is 0.874. The van der Waals surface area contributed by atoms with Gasteiger partial charge in [0.25, 0.3) is 0 Å². The van der Waals surface area contributed by atoms with E-state index >= 15 is 0 Å². The van der Waals surface area contributed by atoms with Crippen molar-refractivity contribution in [1.82, 2.24) is 15.0 Å². The minimum Gasteiger partial charge on any atom is -0.367 e. The van der Waals surface area contributed by atoms with Crippen LogP contribution >= 0.6 is 38.5 Å². The standard InChI is InChI=1S/C15H14BrIN4/c1-9(6-10-4-2-3-5-12(10)16)20-14-11-7-13(17)21-15(11)19-8-18-14/h2-5,7-9H,6H2,1H3,(H2,18,19,20,21). The summed E-state index contributed by atoms with van der Waals surface area (Å²) in [6.07, 6.45) is 2.51. The molecule has 1 unspecified atom stereocenters. The van der Waals surface area contributed by atoms with E-state index in [2.05, 4.69) is 90.0 Å². The van der Waals surface area contributed by atoms with Gasteiger partial charge in [0.1, 0.15) is 17.8 Å². The van der Waals surface area contributed by atoms with Crippen LogP contribution in [0.3, 0.4) is 0 Å². The van der Waals surface area contributed by atoms with E-state index in [-0.39, 0.29) is 6.04 Å². The van der Waals surface area contributed by atoms with E-state index in [1.807, 2.05) is 6.07 Å². The maximum absolute atomic E-state index is 4.37. The van der Waals surface area contributed by atoms with Crippen molar-refractivity contribution < 1.29 is 0 Å². The van der Waals surface area contributed by atoms with E-state index in [1.165, 1.54) is 5.56 Å². The lowest BCUT2D eigenvalue weighted by atomic mass is 10.1. The first-order chi connectivity index (χ1) is 10.1. The fraction of sp³-hybridized carbons (Fsp3) is 0.200. The van der Waals surface area contributed by atoms with Crippen LogP contribution in [0.4, 0.5) is 5.82 Å². The predicted molar refractivity (Wildman–Crippen MR) is 97.5 cm³/mol. The molecule has 0 saturated carbocycles. The molecule has 3 aromatic rings. The molecule has 0 aliphatic carbocycles. The van der Waals surface area contributed by atoms with Crippen molar-refractivity contribution in [3.05, 3.63) is 50.4 Å². The molecule has 6 heteroatoms. The van der Waals surface area contributed by atoms with Gasteiger partial charge in [0, 0.05) is 10.5 Å². The largest absolute Gasteiger partial charge is 0.367 e. The highest BCUT2D eigenvalue weighted by Crippen LogP contribution is 2.23. The van der Waals surface area contributed by atoms with Crippen LogP contribution in [0.15, 0.2) is 41.1 Å². The van der Waals surface area contributed by atoms with Gasteiger partial charge in [-0.25, -0.2) is 9.97 Å². The summed E-state index contributed by atoms with van der Waals surface area (Å²) in [6.45, 7) is 2.16. The Morgan fingerprint density at radius 3 is 2.95 bits per heavy atom. The molecule has 0 bridgehead atoms. The van der Waals surface area contributed by atoms with E-state index in [0.29, 0.717) is 0 Å². The molecule has 0 fully saturated rings. The Labute approximate surface area is 145 Å². The molecule has 0 amide bonds. The van der Waals surface area contributed by atoms with Gasteiger partial charge >= 0.3 is 0 Å². The predicted octanol–water partition coefficient (Wildman–Crippen LogP) is 4.37. The van der Waals surface area contributed by atoms with Crippen molar-refractivity contribution in [2.45, 2.75) is 19.4 Å². The van der Waals surface area contributed by atoms with Gasteiger partial charge in [-0.15, -0.1) is 0 Å². The summed E-state index contributed by atoms with van der Waals surface area (Å²) in [7, 11) is 0. The van der Waals surface area contributed by atoms with Crippen LogP contribution in [-0.4, -0.2) is 21.0 Å². The molecule has 0 aliphatic rings. The lowest BCUT2D eigenvalue weighted by molar-refractivity contribution is 0.783. The minimum absolute atomic E-state index is 0.273. The third-order valence-electron chi connectivity index (χ3n) is 3.26. The topological polar surface area (TPSA) is 53.6 Å². The number of hydrogen-bond acceptors (Lipinski definition) is 3. The average molecular weight is 457 g/mol. The molecule has 2 aromatic heterocycles. The normalized spacial score (nSPS) is 12.5. The number of nitrogens with one attached hydrogen (secondary N) is 2. The Balaban J connectivity index is 1.80. The molecule has 0 aliphatic heterocycles. The number of anilines is 1. The van der Waals surface area contributed by atoms with E-state index in [1.54, 1.807) is 6.33 Å². The first-order valence-corrected chi connectivity index (χ1v) is 8.50. The van der Waals surface area contributed by atoms with Gasteiger partial charge < -0.3 is 10.3 Å². The number of nitrogens with zero attached hydrogens (tertiary/aromatic N) is 2. The van der Waals surface area contributed by atoms with Crippen LogP contribution in [0.25, 0.3) is 11.0 Å². The molecular weight excluding hydrogens is 443 g/mol. The molecule has 4 nitrogen and oxygen atoms in total. The van der Waals surface area contributed by atoms with Crippen LogP contribution in [0.1, 0.15) is 12.5 Å². The molecule has 21 heavy (non-hydrogen) atoms. The van der Waals surface area contributed by atoms with Crippen molar-refractivity contribution in [1.29, 1.82) is 0 Å². The van der Waals surface area contributed by atoms with Gasteiger partial charge in [-0.2, -0.15) is 0 Å². The first-order valence-electron chi connectivity index (χ1n) is 6.62. The first kappa shape index (κ1) is 14.8. The summed E-state index contributed by atoms with van der Waals surface area (Å²) in [5, 5.41) is 4.51. The van der Waals surface area contributed by atoms with Crippen LogP contribution in [0.5, 0.6) is 0 Å². The second-order valence-electron chi connectivity index (χ2n) is 4.94. The van der Waals surface area contributed by atoms with Gasteiger partial charge in [0.05, 0.1) is 9.09 Å². The van der Waals surface area contributed by atoms with E-state index in [9.17, 15) is 0 Å². The second kappa shape index (κ2) is 6.31. The molecule has 0 radical (unpaired) electrons. The molecule has 2 heterocycles. The van der Waals surface area contributed by atoms with Crippen LogP contribution in [0.2, 0.25) is 0 Å². The van der Waals surface area contributed by atoms with Gasteiger partial charge in [-0.3, -0.25) is 0 Å². The third kappa shape index (κ3) is 3.37. The number of H-pyrrole nitrogens is 1. The van der Waals surface area contributed by atoms with Crippen LogP contribution < -0.4 is 5.32 Å². The smallest absolute Gasteiger partial charge is 0.143 e. The fourth-order valence-corrected chi connectivity index (χ4v) is 3.31. The number of hydrogen-bond donors (Lipinski definition) is 2. The average Bonchev–Trinajstić information content (AvgIpc) is 2.83. The number of aromatic amines is 1. The zero-order valence-corrected chi connectivity index (χ0v) is 15.1. The maximum Gasteiger partial charge on any atom is 0.143 e. The lowest BCUT2D eigenvalue weighted by Crippen LogP contribution is -2.19. The number of halogens is 2. The van der Waals surface area contributed by atoms with Gasteiger partial charge in [0.15, 0.2) is 0 Å². The summed E-state index contributed by atoms with van der Waals surface area (Å²) < 4.78 is 2.20. The third-order valence-corrected chi connectivity index (χ3v) is 4.61. The van der Waals surface area contributed by atoms with Crippen LogP contribution in [-0.2, 0) is 6.42 Å². The molecule has 0 saturated heterocycles. The highest BCUT2D eigenvalue weighted by Gasteiger charge is 2.11. The Morgan fingerprint density at radius 2 is 2.14 bits per heavy atom. The van der Waals surface area contributed by atoms with Crippen molar-refractivity contribution in [2.24, 2.45) is 0 Å². The van der Waals surface area contributed by atoms with Gasteiger partial charge in [0.2, 0.25) is 0 Å². The molecule has 0 spiro atoms. The fourth-order valence-electron chi connectivity index (χ4n) is 2.30. The Morgan fingerprint density at radius 1 is 1.33 bits per heavy atom. The van der Waals surface area contributed by atoms with E-state index in [0.717, 1.165) is 31.4 Å². The number of fused-ring (bicyclic) bond motifs is 1. The Hall–Kier alpha value is -1.15. The number of benzene rings is 1. The van der Waals surface area contributed by atoms with E-state index in [4.69, 9.17) is 0 Å². The maximum atomic E-state index is 4.37. The van der Waals surface area contributed by atoms with Crippen molar-refractivity contribution in [3.63, 3.8) is 0 Å². The van der Waals surface area contributed by atoms with Crippen molar-refractivity contribution in [2.75, 3.05) is 5.32 Å². The molecule has 3 rings (SSSR count).